The highest BCUT2D eigenvalue weighted by Crippen LogP contribution is 2.33. The van der Waals surface area contributed by atoms with Crippen molar-refractivity contribution < 1.29 is 14.3 Å². The second-order valence-electron chi connectivity index (χ2n) is 12.5. The molecule has 2 rings (SSSR count). The SMILES string of the molecule is CCCCCCCCCCCCCCCC#C[C@H](CCCCCCCC)OC(=O)[C@@](C)(OC)c1cccc2ccccc12. The zero-order valence-corrected chi connectivity index (χ0v) is 28.2. The van der Waals surface area contributed by atoms with Crippen LogP contribution >= 0.6 is 0 Å². The molecule has 0 spiro atoms. The van der Waals surface area contributed by atoms with Gasteiger partial charge in [-0.3, -0.25) is 0 Å². The van der Waals surface area contributed by atoms with Gasteiger partial charge in [0.1, 0.15) is 0 Å². The van der Waals surface area contributed by atoms with Gasteiger partial charge in [-0.15, -0.1) is 0 Å². The quantitative estimate of drug-likeness (QED) is 0.0693. The molecule has 0 aromatic heterocycles. The third-order valence-electron chi connectivity index (χ3n) is 8.84. The van der Waals surface area contributed by atoms with Gasteiger partial charge in [-0.2, -0.15) is 0 Å². The molecule has 0 aliphatic rings. The molecule has 0 unspecified atom stereocenters. The van der Waals surface area contributed by atoms with Gasteiger partial charge in [0.05, 0.1) is 0 Å². The maximum atomic E-state index is 13.7. The highest BCUT2D eigenvalue weighted by molar-refractivity contribution is 5.92. The minimum absolute atomic E-state index is 0.363. The third-order valence-corrected chi connectivity index (χ3v) is 8.84. The molecule has 0 saturated heterocycles. The minimum Gasteiger partial charge on any atom is -0.447 e. The van der Waals surface area contributed by atoms with E-state index in [1.807, 2.05) is 37.3 Å². The molecule has 3 nitrogen and oxygen atoms in total. The van der Waals surface area contributed by atoms with Gasteiger partial charge in [-0.1, -0.05) is 177 Å². The highest BCUT2D eigenvalue weighted by Gasteiger charge is 2.39. The second kappa shape index (κ2) is 23.1. The van der Waals surface area contributed by atoms with Crippen LogP contribution in [0.1, 0.15) is 161 Å². The van der Waals surface area contributed by atoms with Gasteiger partial charge in [-0.05, 0) is 37.0 Å². The number of carbonyl (C=O) groups excluding carboxylic acids is 1. The van der Waals surface area contributed by atoms with Gasteiger partial charge in [0.2, 0.25) is 0 Å². The summed E-state index contributed by atoms with van der Waals surface area (Å²) in [5, 5.41) is 2.09. The average molecular weight is 591 g/mol. The van der Waals surface area contributed by atoms with Crippen molar-refractivity contribution in [2.24, 2.45) is 0 Å². The van der Waals surface area contributed by atoms with Gasteiger partial charge in [0.15, 0.2) is 11.7 Å². The van der Waals surface area contributed by atoms with Crippen molar-refractivity contribution in [3.8, 4) is 11.8 Å². The molecule has 2 aromatic carbocycles. The number of benzene rings is 2. The topological polar surface area (TPSA) is 35.5 Å². The third kappa shape index (κ3) is 14.3. The van der Waals surface area contributed by atoms with Gasteiger partial charge in [0, 0.05) is 19.1 Å². The van der Waals surface area contributed by atoms with E-state index in [1.165, 1.54) is 103 Å². The molecule has 0 bridgehead atoms. The smallest absolute Gasteiger partial charge is 0.344 e. The van der Waals surface area contributed by atoms with E-state index >= 15 is 0 Å². The molecule has 0 aliphatic carbocycles. The lowest BCUT2D eigenvalue weighted by Crippen LogP contribution is -2.38. The van der Waals surface area contributed by atoms with Crippen molar-refractivity contribution in [2.75, 3.05) is 7.11 Å². The molecule has 3 heteroatoms. The fourth-order valence-corrected chi connectivity index (χ4v) is 5.87. The van der Waals surface area contributed by atoms with E-state index in [1.54, 1.807) is 7.11 Å². The Kier molecular flexibility index (Phi) is 19.8. The van der Waals surface area contributed by atoms with Crippen LogP contribution in [-0.4, -0.2) is 19.2 Å². The number of hydrogen-bond acceptors (Lipinski definition) is 3. The zero-order valence-electron chi connectivity index (χ0n) is 28.2. The van der Waals surface area contributed by atoms with Crippen LogP contribution in [0.4, 0.5) is 0 Å². The number of carbonyl (C=O) groups is 1. The molecule has 0 heterocycles. The molecule has 43 heavy (non-hydrogen) atoms. The summed E-state index contributed by atoms with van der Waals surface area (Å²) in [6.07, 6.45) is 26.0. The number of ether oxygens (including phenoxy) is 2. The van der Waals surface area contributed by atoms with Crippen LogP contribution in [0.2, 0.25) is 0 Å². The first kappa shape index (κ1) is 36.9. The Morgan fingerprint density at radius 3 is 1.79 bits per heavy atom. The number of hydrogen-bond donors (Lipinski definition) is 0. The number of fused-ring (bicyclic) bond motifs is 1. The molecule has 0 N–H and O–H groups in total. The Morgan fingerprint density at radius 1 is 0.698 bits per heavy atom. The van der Waals surface area contributed by atoms with Crippen molar-refractivity contribution >= 4 is 16.7 Å². The molecule has 2 aromatic rings. The van der Waals surface area contributed by atoms with Crippen molar-refractivity contribution in [3.63, 3.8) is 0 Å². The summed E-state index contributed by atoms with van der Waals surface area (Å²) in [5.74, 6) is 6.33. The lowest BCUT2D eigenvalue weighted by Gasteiger charge is -2.29. The summed E-state index contributed by atoms with van der Waals surface area (Å²) in [7, 11) is 1.59. The summed E-state index contributed by atoms with van der Waals surface area (Å²) in [6.45, 7) is 6.34. The summed E-state index contributed by atoms with van der Waals surface area (Å²) in [5.41, 5.74) is -0.367. The molecule has 0 aliphatic heterocycles. The second-order valence-corrected chi connectivity index (χ2v) is 12.5. The molecular formula is C40H62O3. The van der Waals surface area contributed by atoms with Crippen LogP contribution in [-0.2, 0) is 19.9 Å². The Bertz CT molecular complexity index is 1060. The molecule has 240 valence electrons. The van der Waals surface area contributed by atoms with E-state index in [9.17, 15) is 4.79 Å². The summed E-state index contributed by atoms with van der Waals surface area (Å²) in [4.78, 5) is 13.7. The van der Waals surface area contributed by atoms with E-state index in [0.717, 1.165) is 48.4 Å². The summed E-state index contributed by atoms with van der Waals surface area (Å²) >= 11 is 0. The number of unbranched alkanes of at least 4 members (excludes halogenated alkanes) is 18. The molecule has 0 saturated carbocycles. The van der Waals surface area contributed by atoms with Crippen LogP contribution in [0.15, 0.2) is 42.5 Å². The fourth-order valence-electron chi connectivity index (χ4n) is 5.87. The van der Waals surface area contributed by atoms with Gasteiger partial charge < -0.3 is 9.47 Å². The number of methoxy groups -OCH3 is 1. The lowest BCUT2D eigenvalue weighted by molar-refractivity contribution is -0.171. The average Bonchev–Trinajstić information content (AvgIpc) is 3.03. The Labute approximate surface area is 264 Å². The molecule has 0 fully saturated rings. The van der Waals surface area contributed by atoms with Gasteiger partial charge in [-0.25, -0.2) is 4.79 Å². The van der Waals surface area contributed by atoms with Crippen molar-refractivity contribution in [2.45, 2.75) is 167 Å². The van der Waals surface area contributed by atoms with E-state index in [4.69, 9.17) is 9.47 Å². The van der Waals surface area contributed by atoms with E-state index in [2.05, 4.69) is 37.8 Å². The first-order chi connectivity index (χ1) is 21.1. The van der Waals surface area contributed by atoms with Crippen molar-refractivity contribution in [1.82, 2.24) is 0 Å². The maximum absolute atomic E-state index is 13.7. The first-order valence-corrected chi connectivity index (χ1v) is 17.8. The Morgan fingerprint density at radius 2 is 1.21 bits per heavy atom. The summed E-state index contributed by atoms with van der Waals surface area (Å²) in [6, 6.07) is 14.1. The predicted molar refractivity (Wildman–Crippen MR) is 184 cm³/mol. The van der Waals surface area contributed by atoms with Crippen LogP contribution in [0.3, 0.4) is 0 Å². The summed E-state index contributed by atoms with van der Waals surface area (Å²) < 4.78 is 12.0. The lowest BCUT2D eigenvalue weighted by atomic mass is 9.90. The molecule has 0 amide bonds. The molecule has 2 atom stereocenters. The van der Waals surface area contributed by atoms with Crippen molar-refractivity contribution in [3.05, 3.63) is 48.0 Å². The Balaban J connectivity index is 1.84. The Hall–Kier alpha value is -2.31. The van der Waals surface area contributed by atoms with E-state index in [-0.39, 0.29) is 5.97 Å². The number of esters is 1. The van der Waals surface area contributed by atoms with Crippen LogP contribution < -0.4 is 0 Å². The first-order valence-electron chi connectivity index (χ1n) is 17.8. The zero-order chi connectivity index (χ0) is 31.0. The molecule has 0 radical (unpaired) electrons. The van der Waals surface area contributed by atoms with Crippen molar-refractivity contribution in [1.29, 1.82) is 0 Å². The van der Waals surface area contributed by atoms with Gasteiger partial charge in [0.25, 0.3) is 0 Å². The highest BCUT2D eigenvalue weighted by atomic mass is 16.6. The monoisotopic (exact) mass is 590 g/mol. The largest absolute Gasteiger partial charge is 0.447 e. The fraction of sp³-hybridized carbons (Fsp3) is 0.675. The normalized spacial score (nSPS) is 13.3. The van der Waals surface area contributed by atoms with Crippen LogP contribution in [0, 0.1) is 11.8 Å². The van der Waals surface area contributed by atoms with E-state index < -0.39 is 11.7 Å². The number of rotatable bonds is 24. The van der Waals surface area contributed by atoms with Crippen LogP contribution in [0.5, 0.6) is 0 Å². The maximum Gasteiger partial charge on any atom is 0.344 e. The molecular weight excluding hydrogens is 528 g/mol. The van der Waals surface area contributed by atoms with E-state index in [0.29, 0.717) is 0 Å². The van der Waals surface area contributed by atoms with Crippen LogP contribution in [0.25, 0.3) is 10.8 Å². The standard InChI is InChI=1S/C40H62O3/c1-5-7-9-11-13-14-15-16-17-18-19-20-21-23-25-32-36(31-24-22-12-10-8-6-2)43-39(41)40(3,42-4)38-34-28-30-35-29-26-27-33-37(35)38/h26-30,33-34,36H,5-24,31H2,1-4H3/t36-,40-/m0/s1. The predicted octanol–water partition coefficient (Wildman–Crippen LogP) is 11.8. The van der Waals surface area contributed by atoms with Gasteiger partial charge >= 0.3 is 5.97 Å². The minimum atomic E-state index is -1.20.